The molecule has 4 nitrogen and oxygen atoms in total. The summed E-state index contributed by atoms with van der Waals surface area (Å²) in [6, 6.07) is 6.78. The van der Waals surface area contributed by atoms with E-state index in [1.165, 1.54) is 12.3 Å². The number of pyridine rings is 1. The average molecular weight is 289 g/mol. The Morgan fingerprint density at radius 1 is 1.25 bits per heavy atom. The third-order valence-corrected chi connectivity index (χ3v) is 3.84. The Balaban J connectivity index is 2.18. The second-order valence-corrected chi connectivity index (χ2v) is 5.73. The maximum atomic E-state index is 12.6. The molecule has 0 bridgehead atoms. The number of hydrogen-bond acceptors (Lipinski definition) is 3. The third kappa shape index (κ3) is 1.76. The van der Waals surface area contributed by atoms with Crippen molar-refractivity contribution in [3.05, 3.63) is 52.8 Å². The fourth-order valence-corrected chi connectivity index (χ4v) is 2.85. The first-order valence-electron chi connectivity index (χ1n) is 6.20. The van der Waals surface area contributed by atoms with E-state index in [1.807, 2.05) is 19.9 Å². The minimum Gasteiger partial charge on any atom is -0.506 e. The molecule has 0 spiro atoms. The molecule has 1 aromatic heterocycles. The van der Waals surface area contributed by atoms with E-state index in [-0.39, 0.29) is 11.7 Å². The van der Waals surface area contributed by atoms with Crippen molar-refractivity contribution < 1.29 is 9.90 Å². The molecule has 0 fully saturated rings. The van der Waals surface area contributed by atoms with Crippen molar-refractivity contribution in [2.45, 2.75) is 19.4 Å². The van der Waals surface area contributed by atoms with Gasteiger partial charge in [-0.15, -0.1) is 0 Å². The van der Waals surface area contributed by atoms with Crippen molar-refractivity contribution in [1.82, 2.24) is 4.98 Å². The van der Waals surface area contributed by atoms with Crippen molar-refractivity contribution in [3.8, 4) is 5.75 Å². The quantitative estimate of drug-likeness (QED) is 0.875. The van der Waals surface area contributed by atoms with Gasteiger partial charge in [-0.2, -0.15) is 0 Å². The van der Waals surface area contributed by atoms with E-state index >= 15 is 0 Å². The van der Waals surface area contributed by atoms with Crippen LogP contribution >= 0.6 is 11.6 Å². The molecule has 1 aromatic carbocycles. The van der Waals surface area contributed by atoms with E-state index in [4.69, 9.17) is 11.6 Å². The second-order valence-electron chi connectivity index (χ2n) is 5.29. The highest BCUT2D eigenvalue weighted by molar-refractivity contribution is 6.31. The maximum Gasteiger partial charge on any atom is 0.259 e. The lowest BCUT2D eigenvalue weighted by atomic mass is 9.93. The molecule has 2 aromatic rings. The normalized spacial score (nSPS) is 16.4. The van der Waals surface area contributed by atoms with Crippen LogP contribution in [0, 0.1) is 0 Å². The SMILES string of the molecule is CC1(C)c2cc(Cl)ccc2C(=O)N1c1cncc(O)c1. The summed E-state index contributed by atoms with van der Waals surface area (Å²) >= 11 is 6.04. The highest BCUT2D eigenvalue weighted by Gasteiger charge is 2.44. The predicted molar refractivity (Wildman–Crippen MR) is 77.2 cm³/mol. The number of fused-ring (bicyclic) bond motifs is 1. The van der Waals surface area contributed by atoms with Gasteiger partial charge in [-0.1, -0.05) is 11.6 Å². The number of aromatic nitrogens is 1. The van der Waals surface area contributed by atoms with Gasteiger partial charge in [0.05, 0.1) is 23.6 Å². The number of carbonyl (C=O) groups is 1. The van der Waals surface area contributed by atoms with E-state index in [1.54, 1.807) is 23.2 Å². The summed E-state index contributed by atoms with van der Waals surface area (Å²) in [5.74, 6) is -0.0887. The topological polar surface area (TPSA) is 53.4 Å². The Morgan fingerprint density at radius 3 is 2.70 bits per heavy atom. The molecular formula is C15H13ClN2O2. The molecule has 1 aliphatic rings. The molecule has 0 aliphatic carbocycles. The van der Waals surface area contributed by atoms with Crippen LogP contribution < -0.4 is 4.90 Å². The Morgan fingerprint density at radius 2 is 2.00 bits per heavy atom. The van der Waals surface area contributed by atoms with Crippen LogP contribution in [0.4, 0.5) is 5.69 Å². The minimum absolute atomic E-state index is 0.0279. The van der Waals surface area contributed by atoms with Gasteiger partial charge in [-0.25, -0.2) is 0 Å². The van der Waals surface area contributed by atoms with Gasteiger partial charge in [-0.3, -0.25) is 14.7 Å². The molecule has 3 rings (SSSR count). The first-order valence-corrected chi connectivity index (χ1v) is 6.57. The number of rotatable bonds is 1. The molecule has 0 saturated heterocycles. The summed E-state index contributed by atoms with van der Waals surface area (Å²) in [6.45, 7) is 3.88. The molecule has 5 heteroatoms. The van der Waals surface area contributed by atoms with E-state index in [2.05, 4.69) is 4.98 Å². The third-order valence-electron chi connectivity index (χ3n) is 3.60. The van der Waals surface area contributed by atoms with Gasteiger partial charge in [0.2, 0.25) is 0 Å². The summed E-state index contributed by atoms with van der Waals surface area (Å²) in [7, 11) is 0. The summed E-state index contributed by atoms with van der Waals surface area (Å²) in [5.41, 5.74) is 1.51. The molecular weight excluding hydrogens is 276 g/mol. The first kappa shape index (κ1) is 12.9. The van der Waals surface area contributed by atoms with Crippen LogP contribution in [0.5, 0.6) is 5.75 Å². The summed E-state index contributed by atoms with van der Waals surface area (Å²) in [4.78, 5) is 18.2. The standard InChI is InChI=1S/C15H13ClN2O2/c1-15(2)13-5-9(16)3-4-12(13)14(20)18(15)10-6-11(19)8-17-7-10/h3-8,19H,1-2H3. The van der Waals surface area contributed by atoms with Gasteiger partial charge in [0, 0.05) is 16.7 Å². The number of aromatic hydroxyl groups is 1. The molecule has 0 atom stereocenters. The molecule has 0 unspecified atom stereocenters. The number of benzene rings is 1. The van der Waals surface area contributed by atoms with Crippen molar-refractivity contribution in [2.24, 2.45) is 0 Å². The van der Waals surface area contributed by atoms with Gasteiger partial charge in [-0.05, 0) is 37.6 Å². The molecule has 1 N–H and O–H groups in total. The number of hydrogen-bond donors (Lipinski definition) is 1. The highest BCUT2D eigenvalue weighted by Crippen LogP contribution is 2.42. The van der Waals surface area contributed by atoms with Crippen LogP contribution in [0.25, 0.3) is 0 Å². The zero-order valence-corrected chi connectivity index (χ0v) is 11.8. The van der Waals surface area contributed by atoms with Crippen molar-refractivity contribution in [3.63, 3.8) is 0 Å². The fourth-order valence-electron chi connectivity index (χ4n) is 2.68. The van der Waals surface area contributed by atoms with E-state index < -0.39 is 5.54 Å². The number of carbonyl (C=O) groups excluding carboxylic acids is 1. The number of amides is 1. The largest absolute Gasteiger partial charge is 0.506 e. The van der Waals surface area contributed by atoms with Gasteiger partial charge < -0.3 is 5.11 Å². The molecule has 1 aliphatic heterocycles. The monoisotopic (exact) mass is 288 g/mol. The second kappa shape index (κ2) is 4.21. The van der Waals surface area contributed by atoms with E-state index in [0.29, 0.717) is 16.3 Å². The number of nitrogens with zero attached hydrogens (tertiary/aromatic N) is 2. The first-order chi connectivity index (χ1) is 9.41. The highest BCUT2D eigenvalue weighted by atomic mass is 35.5. The van der Waals surface area contributed by atoms with E-state index in [9.17, 15) is 9.90 Å². The summed E-state index contributed by atoms with van der Waals surface area (Å²) in [5, 5.41) is 10.2. The van der Waals surface area contributed by atoms with Gasteiger partial charge in [0.25, 0.3) is 5.91 Å². The molecule has 0 radical (unpaired) electrons. The number of anilines is 1. The lowest BCUT2D eigenvalue weighted by Gasteiger charge is -2.32. The Hall–Kier alpha value is -2.07. The van der Waals surface area contributed by atoms with Crippen LogP contribution in [-0.4, -0.2) is 16.0 Å². The van der Waals surface area contributed by atoms with Crippen LogP contribution in [0.2, 0.25) is 5.02 Å². The van der Waals surface area contributed by atoms with Crippen LogP contribution in [0.3, 0.4) is 0 Å². The minimum atomic E-state index is -0.549. The molecule has 1 amide bonds. The average Bonchev–Trinajstić information content (AvgIpc) is 2.57. The van der Waals surface area contributed by atoms with E-state index in [0.717, 1.165) is 5.56 Å². The van der Waals surface area contributed by atoms with Gasteiger partial charge in [0.1, 0.15) is 5.75 Å². The fraction of sp³-hybridized carbons (Fsp3) is 0.200. The smallest absolute Gasteiger partial charge is 0.259 e. The summed E-state index contributed by atoms with van der Waals surface area (Å²) in [6.07, 6.45) is 2.90. The zero-order chi connectivity index (χ0) is 14.5. The van der Waals surface area contributed by atoms with Crippen LogP contribution in [0.1, 0.15) is 29.8 Å². The molecule has 20 heavy (non-hydrogen) atoms. The van der Waals surface area contributed by atoms with Crippen molar-refractivity contribution in [1.29, 1.82) is 0 Å². The molecule has 2 heterocycles. The van der Waals surface area contributed by atoms with Crippen LogP contribution in [-0.2, 0) is 5.54 Å². The van der Waals surface area contributed by atoms with Gasteiger partial charge in [0.15, 0.2) is 0 Å². The zero-order valence-electron chi connectivity index (χ0n) is 11.1. The Kier molecular flexibility index (Phi) is 2.73. The lowest BCUT2D eigenvalue weighted by molar-refractivity contribution is 0.0982. The predicted octanol–water partition coefficient (Wildman–Crippen LogP) is 3.34. The Bertz CT molecular complexity index is 713. The Labute approximate surface area is 121 Å². The summed E-state index contributed by atoms with van der Waals surface area (Å²) < 4.78 is 0. The van der Waals surface area contributed by atoms with Crippen molar-refractivity contribution >= 4 is 23.2 Å². The van der Waals surface area contributed by atoms with Crippen LogP contribution in [0.15, 0.2) is 36.7 Å². The maximum absolute atomic E-state index is 12.6. The number of halogens is 1. The molecule has 102 valence electrons. The molecule has 0 saturated carbocycles. The van der Waals surface area contributed by atoms with Crippen molar-refractivity contribution in [2.75, 3.05) is 4.90 Å². The lowest BCUT2D eigenvalue weighted by Crippen LogP contribution is -2.39. The van der Waals surface area contributed by atoms with Gasteiger partial charge >= 0.3 is 0 Å².